The highest BCUT2D eigenvalue weighted by Crippen LogP contribution is 2.29. The van der Waals surface area contributed by atoms with Gasteiger partial charge in [0.2, 0.25) is 5.91 Å². The van der Waals surface area contributed by atoms with Gasteiger partial charge in [0.25, 0.3) is 0 Å². The number of amides is 1. The van der Waals surface area contributed by atoms with Gasteiger partial charge in [-0.15, -0.1) is 0 Å². The molecule has 2 aromatic rings. The number of carbonyl (C=O) groups excluding carboxylic acids is 1. The predicted molar refractivity (Wildman–Crippen MR) is 95.3 cm³/mol. The van der Waals surface area contributed by atoms with Gasteiger partial charge in [-0.1, -0.05) is 30.7 Å². The molecule has 1 aliphatic carbocycles. The molecule has 1 saturated carbocycles. The third-order valence-corrected chi connectivity index (χ3v) is 5.86. The first kappa shape index (κ1) is 16.0. The highest BCUT2D eigenvalue weighted by molar-refractivity contribution is 7.99. The maximum atomic E-state index is 12.7. The second-order valence-electron chi connectivity index (χ2n) is 6.70. The lowest BCUT2D eigenvalue weighted by Gasteiger charge is -2.43. The fourth-order valence-electron chi connectivity index (χ4n) is 3.79. The van der Waals surface area contributed by atoms with Gasteiger partial charge in [-0.05, 0) is 37.5 Å². The van der Waals surface area contributed by atoms with Gasteiger partial charge in [-0.2, -0.15) is 0 Å². The second-order valence-corrected chi connectivity index (χ2v) is 7.66. The van der Waals surface area contributed by atoms with E-state index in [0.717, 1.165) is 35.6 Å². The Kier molecular flexibility index (Phi) is 4.50. The lowest BCUT2D eigenvalue weighted by Crippen LogP contribution is -2.55. The summed E-state index contributed by atoms with van der Waals surface area (Å²) in [4.78, 5) is 22.6. The average molecular weight is 345 g/mol. The van der Waals surface area contributed by atoms with Crippen molar-refractivity contribution in [2.75, 3.05) is 18.9 Å². The number of hydrogen-bond acceptors (Lipinski definition) is 4. The van der Waals surface area contributed by atoms with E-state index in [1.807, 2.05) is 11.0 Å². The van der Waals surface area contributed by atoms with Gasteiger partial charge in [0.15, 0.2) is 5.16 Å². The number of aromatic amines is 1. The molecule has 6 heteroatoms. The molecule has 0 bridgehead atoms. The third kappa shape index (κ3) is 3.17. The molecule has 128 valence electrons. The number of hydrogen-bond donors (Lipinski definition) is 1. The largest absolute Gasteiger partial charge is 0.374 e. The van der Waals surface area contributed by atoms with Crippen LogP contribution in [0.3, 0.4) is 0 Å². The summed E-state index contributed by atoms with van der Waals surface area (Å²) in [7, 11) is 0. The van der Waals surface area contributed by atoms with Crippen molar-refractivity contribution in [3.63, 3.8) is 0 Å². The molecule has 0 radical (unpaired) electrons. The maximum absolute atomic E-state index is 12.7. The number of imidazole rings is 1. The first-order valence-electron chi connectivity index (χ1n) is 8.71. The monoisotopic (exact) mass is 345 g/mol. The summed E-state index contributed by atoms with van der Waals surface area (Å²) in [6.45, 7) is 3.46. The number of fused-ring (bicyclic) bond motifs is 2. The molecule has 2 fully saturated rings. The van der Waals surface area contributed by atoms with Gasteiger partial charge in [0, 0.05) is 6.54 Å². The number of H-pyrrole nitrogens is 1. The average Bonchev–Trinajstić information content (AvgIpc) is 3.01. The quantitative estimate of drug-likeness (QED) is 0.868. The van der Waals surface area contributed by atoms with Crippen molar-refractivity contribution in [3.8, 4) is 0 Å². The van der Waals surface area contributed by atoms with Crippen molar-refractivity contribution < 1.29 is 9.53 Å². The van der Waals surface area contributed by atoms with Crippen LogP contribution >= 0.6 is 11.8 Å². The predicted octanol–water partition coefficient (Wildman–Crippen LogP) is 3.13. The molecule has 2 aliphatic rings. The van der Waals surface area contributed by atoms with E-state index < -0.39 is 0 Å². The third-order valence-electron chi connectivity index (χ3n) is 5.00. The number of carbonyl (C=O) groups is 1. The summed E-state index contributed by atoms with van der Waals surface area (Å²) >= 11 is 1.49. The van der Waals surface area contributed by atoms with E-state index in [0.29, 0.717) is 12.4 Å². The van der Waals surface area contributed by atoms with Crippen LogP contribution in [0, 0.1) is 6.92 Å². The van der Waals surface area contributed by atoms with E-state index in [9.17, 15) is 4.79 Å². The van der Waals surface area contributed by atoms with E-state index >= 15 is 0 Å². The zero-order chi connectivity index (χ0) is 16.5. The van der Waals surface area contributed by atoms with Crippen molar-refractivity contribution in [2.24, 2.45) is 0 Å². The van der Waals surface area contributed by atoms with Gasteiger partial charge < -0.3 is 14.6 Å². The smallest absolute Gasteiger partial charge is 0.233 e. The summed E-state index contributed by atoms with van der Waals surface area (Å²) < 4.78 is 5.86. The Balaban J connectivity index is 1.41. The fraction of sp³-hybridized carbons (Fsp3) is 0.556. The fourth-order valence-corrected chi connectivity index (χ4v) is 4.56. The Morgan fingerprint density at radius 3 is 3.21 bits per heavy atom. The van der Waals surface area contributed by atoms with Crippen molar-refractivity contribution in [2.45, 2.75) is 49.9 Å². The van der Waals surface area contributed by atoms with Gasteiger partial charge in [0.1, 0.15) is 0 Å². The summed E-state index contributed by atoms with van der Waals surface area (Å²) in [6.07, 6.45) is 4.83. The van der Waals surface area contributed by atoms with Crippen LogP contribution in [0.15, 0.2) is 23.4 Å². The number of benzene rings is 1. The Hall–Kier alpha value is -1.53. The number of nitrogens with zero attached hydrogens (tertiary/aromatic N) is 2. The molecule has 1 amide bonds. The SMILES string of the molecule is Cc1ccc2nc(SCC(=O)N3CCO[C@H]4CCCC[C@H]43)[nH]c2c1. The molecule has 2 atom stereocenters. The van der Waals surface area contributed by atoms with Gasteiger partial charge in [-0.3, -0.25) is 4.79 Å². The number of aryl methyl sites for hydroxylation is 1. The molecular formula is C18H23N3O2S. The van der Waals surface area contributed by atoms with Crippen molar-refractivity contribution in [1.82, 2.24) is 14.9 Å². The van der Waals surface area contributed by atoms with Crippen LogP contribution in [0.1, 0.15) is 31.2 Å². The number of thioether (sulfide) groups is 1. The summed E-state index contributed by atoms with van der Waals surface area (Å²) in [6, 6.07) is 6.43. The van der Waals surface area contributed by atoms with Crippen LogP contribution in [0.4, 0.5) is 0 Å². The minimum Gasteiger partial charge on any atom is -0.374 e. The van der Waals surface area contributed by atoms with E-state index in [1.165, 1.54) is 30.2 Å². The topological polar surface area (TPSA) is 58.2 Å². The molecule has 1 aliphatic heterocycles. The Morgan fingerprint density at radius 1 is 1.42 bits per heavy atom. The Morgan fingerprint density at radius 2 is 2.29 bits per heavy atom. The van der Waals surface area contributed by atoms with Crippen molar-refractivity contribution >= 4 is 28.7 Å². The number of ether oxygens (including phenoxy) is 1. The molecule has 0 spiro atoms. The van der Waals surface area contributed by atoms with Crippen LogP contribution in [0.5, 0.6) is 0 Å². The number of aromatic nitrogens is 2. The molecule has 0 unspecified atom stereocenters. The Bertz CT molecular complexity index is 743. The van der Waals surface area contributed by atoms with Crippen LogP contribution in [0.25, 0.3) is 11.0 Å². The highest BCUT2D eigenvalue weighted by atomic mass is 32.2. The lowest BCUT2D eigenvalue weighted by atomic mass is 9.90. The van der Waals surface area contributed by atoms with E-state index in [4.69, 9.17) is 4.74 Å². The van der Waals surface area contributed by atoms with E-state index in [2.05, 4.69) is 29.0 Å². The molecular weight excluding hydrogens is 322 g/mol. The number of rotatable bonds is 3. The zero-order valence-corrected chi connectivity index (χ0v) is 14.8. The summed E-state index contributed by atoms with van der Waals surface area (Å²) in [5.41, 5.74) is 3.19. The molecule has 24 heavy (non-hydrogen) atoms. The van der Waals surface area contributed by atoms with E-state index in [1.54, 1.807) is 0 Å². The molecule has 1 aromatic heterocycles. The Labute approximate surface area is 146 Å². The highest BCUT2D eigenvalue weighted by Gasteiger charge is 2.36. The maximum Gasteiger partial charge on any atom is 0.233 e. The molecule has 4 rings (SSSR count). The van der Waals surface area contributed by atoms with Gasteiger partial charge in [-0.25, -0.2) is 4.98 Å². The van der Waals surface area contributed by atoms with Crippen LogP contribution in [0.2, 0.25) is 0 Å². The van der Waals surface area contributed by atoms with Gasteiger partial charge >= 0.3 is 0 Å². The molecule has 1 N–H and O–H groups in total. The minimum atomic E-state index is 0.205. The molecule has 2 heterocycles. The normalized spacial score (nSPS) is 24.1. The van der Waals surface area contributed by atoms with E-state index in [-0.39, 0.29) is 18.1 Å². The van der Waals surface area contributed by atoms with Gasteiger partial charge in [0.05, 0.1) is 35.5 Å². The van der Waals surface area contributed by atoms with Crippen LogP contribution < -0.4 is 0 Å². The zero-order valence-electron chi connectivity index (χ0n) is 14.0. The summed E-state index contributed by atoms with van der Waals surface area (Å²) in [5.74, 6) is 0.638. The summed E-state index contributed by atoms with van der Waals surface area (Å²) in [5, 5.41) is 0.817. The molecule has 1 saturated heterocycles. The molecule has 5 nitrogen and oxygen atoms in total. The van der Waals surface area contributed by atoms with Crippen LogP contribution in [-0.4, -0.2) is 51.8 Å². The van der Waals surface area contributed by atoms with Crippen LogP contribution in [-0.2, 0) is 9.53 Å². The second kappa shape index (κ2) is 6.76. The first-order valence-corrected chi connectivity index (χ1v) is 9.69. The first-order chi connectivity index (χ1) is 11.7. The minimum absolute atomic E-state index is 0.205. The lowest BCUT2D eigenvalue weighted by molar-refractivity contribution is -0.146. The molecule has 1 aromatic carbocycles. The number of nitrogens with one attached hydrogen (secondary N) is 1. The van der Waals surface area contributed by atoms with Crippen molar-refractivity contribution in [3.05, 3.63) is 23.8 Å². The number of morpholine rings is 1. The standard InChI is InChI=1S/C18H23N3O2S/c1-12-6-7-13-14(10-12)20-18(19-13)24-11-17(22)21-8-9-23-16-5-3-2-4-15(16)21/h6-7,10,15-16H,2-5,8-9,11H2,1H3,(H,19,20)/t15-,16+/m1/s1. The van der Waals surface area contributed by atoms with Crippen molar-refractivity contribution in [1.29, 1.82) is 0 Å².